The third kappa shape index (κ3) is 7.24. The molecule has 1 aliphatic rings. The van der Waals surface area contributed by atoms with Crippen LogP contribution in [0.2, 0.25) is 0 Å². The highest BCUT2D eigenvalue weighted by molar-refractivity contribution is 5.35. The summed E-state index contributed by atoms with van der Waals surface area (Å²) in [6.45, 7) is 16.9. The number of hydrogen-bond donors (Lipinski definition) is 0. The minimum atomic E-state index is 0.695. The van der Waals surface area contributed by atoms with Crippen LogP contribution < -0.4 is 0 Å². The molecular formula is C15H26O. The first kappa shape index (κ1) is 17.3. The van der Waals surface area contributed by atoms with Gasteiger partial charge in [0.05, 0.1) is 13.2 Å². The lowest BCUT2D eigenvalue weighted by atomic mass is 10.0. The van der Waals surface area contributed by atoms with Crippen molar-refractivity contribution >= 4 is 0 Å². The van der Waals surface area contributed by atoms with Crippen molar-refractivity contribution < 1.29 is 4.74 Å². The van der Waals surface area contributed by atoms with Crippen LogP contribution in [0, 0.1) is 0 Å². The van der Waals surface area contributed by atoms with Gasteiger partial charge in [0, 0.05) is 0 Å². The molecule has 0 spiro atoms. The van der Waals surface area contributed by atoms with Crippen LogP contribution in [-0.2, 0) is 4.74 Å². The van der Waals surface area contributed by atoms with Crippen LogP contribution in [0.4, 0.5) is 0 Å². The fourth-order valence-electron chi connectivity index (χ4n) is 1.18. The summed E-state index contributed by atoms with van der Waals surface area (Å²) in [5, 5.41) is 0. The van der Waals surface area contributed by atoms with E-state index < -0.39 is 0 Å². The first-order chi connectivity index (χ1) is 7.88. The molecule has 1 aliphatic heterocycles. The van der Waals surface area contributed by atoms with Crippen LogP contribution in [0.15, 0.2) is 48.6 Å². The highest BCUT2D eigenvalue weighted by Gasteiger charge is 2.06. The number of hydrogen-bond acceptors (Lipinski definition) is 1. The molecule has 0 aromatic heterocycles. The molecule has 0 bridgehead atoms. The van der Waals surface area contributed by atoms with E-state index in [9.17, 15) is 0 Å². The zero-order valence-corrected chi connectivity index (χ0v) is 11.3. The first-order valence-electron chi connectivity index (χ1n) is 6.09. The highest BCUT2D eigenvalue weighted by Crippen LogP contribution is 2.17. The van der Waals surface area contributed by atoms with Crippen molar-refractivity contribution in [3.05, 3.63) is 48.6 Å². The molecule has 1 heteroatoms. The zero-order valence-electron chi connectivity index (χ0n) is 11.3. The monoisotopic (exact) mass is 222 g/mol. The molecule has 1 nitrogen and oxygen atoms in total. The predicted octanol–water partition coefficient (Wildman–Crippen LogP) is 4.68. The molecule has 0 amide bonds. The first-order valence-corrected chi connectivity index (χ1v) is 6.09. The third-order valence-electron chi connectivity index (χ3n) is 1.87. The van der Waals surface area contributed by atoms with Gasteiger partial charge in [0.15, 0.2) is 0 Å². The maximum Gasteiger partial charge on any atom is 0.0719 e. The molecule has 16 heavy (non-hydrogen) atoms. The van der Waals surface area contributed by atoms with Crippen molar-refractivity contribution in [1.29, 1.82) is 0 Å². The van der Waals surface area contributed by atoms with E-state index in [1.807, 2.05) is 39.8 Å². The summed E-state index contributed by atoms with van der Waals surface area (Å²) in [4.78, 5) is 0. The molecule has 1 rings (SSSR count). The Bertz CT molecular complexity index is 234. The minimum Gasteiger partial charge on any atom is -0.376 e. The van der Waals surface area contributed by atoms with Crippen molar-refractivity contribution in [2.24, 2.45) is 0 Å². The smallest absolute Gasteiger partial charge is 0.0719 e. The average Bonchev–Trinajstić information content (AvgIpc) is 2.41. The Balaban J connectivity index is 0. The Morgan fingerprint density at radius 3 is 2.19 bits per heavy atom. The van der Waals surface area contributed by atoms with Gasteiger partial charge in [-0.3, -0.25) is 0 Å². The molecule has 0 saturated heterocycles. The molecule has 0 saturated carbocycles. The Morgan fingerprint density at radius 2 is 1.69 bits per heavy atom. The van der Waals surface area contributed by atoms with E-state index in [4.69, 9.17) is 4.74 Å². The van der Waals surface area contributed by atoms with E-state index in [0.717, 1.165) is 13.0 Å². The van der Waals surface area contributed by atoms with Crippen LogP contribution in [0.3, 0.4) is 0 Å². The lowest BCUT2D eigenvalue weighted by Gasteiger charge is -2.15. The SMILES string of the molecule is C=C/C=C\C1=C(C=C)COCC1.CC.CC. The van der Waals surface area contributed by atoms with Gasteiger partial charge in [-0.15, -0.1) is 0 Å². The quantitative estimate of drug-likeness (QED) is 0.630. The van der Waals surface area contributed by atoms with Gasteiger partial charge in [0.1, 0.15) is 0 Å². The van der Waals surface area contributed by atoms with Crippen molar-refractivity contribution in [3.63, 3.8) is 0 Å². The Kier molecular flexibility index (Phi) is 15.1. The van der Waals surface area contributed by atoms with Gasteiger partial charge < -0.3 is 4.74 Å². The maximum atomic E-state index is 5.29. The summed E-state index contributed by atoms with van der Waals surface area (Å²) in [6.07, 6.45) is 8.65. The molecule has 0 unspecified atom stereocenters. The second-order valence-corrected chi connectivity index (χ2v) is 2.65. The number of ether oxygens (including phenoxy) is 1. The second-order valence-electron chi connectivity index (χ2n) is 2.65. The number of allylic oxidation sites excluding steroid dienone is 3. The zero-order chi connectivity index (χ0) is 12.8. The molecule has 0 N–H and O–H groups in total. The summed E-state index contributed by atoms with van der Waals surface area (Å²) in [5.41, 5.74) is 2.51. The van der Waals surface area contributed by atoms with E-state index in [0.29, 0.717) is 6.61 Å². The summed E-state index contributed by atoms with van der Waals surface area (Å²) < 4.78 is 5.29. The molecule has 0 fully saturated rings. The van der Waals surface area contributed by atoms with E-state index in [1.165, 1.54) is 11.1 Å². The summed E-state index contributed by atoms with van der Waals surface area (Å²) in [7, 11) is 0. The largest absolute Gasteiger partial charge is 0.376 e. The van der Waals surface area contributed by atoms with Gasteiger partial charge in [-0.1, -0.05) is 65.2 Å². The van der Waals surface area contributed by atoms with Gasteiger partial charge in [-0.25, -0.2) is 0 Å². The van der Waals surface area contributed by atoms with Gasteiger partial charge in [-0.2, -0.15) is 0 Å². The Labute approximate surface area is 101 Å². The van der Waals surface area contributed by atoms with Gasteiger partial charge in [0.25, 0.3) is 0 Å². The lowest BCUT2D eigenvalue weighted by molar-refractivity contribution is 0.150. The van der Waals surface area contributed by atoms with Crippen LogP contribution in [0.25, 0.3) is 0 Å². The fourth-order valence-corrected chi connectivity index (χ4v) is 1.18. The summed E-state index contributed by atoms with van der Waals surface area (Å²) in [5.74, 6) is 0. The van der Waals surface area contributed by atoms with Crippen molar-refractivity contribution in [3.8, 4) is 0 Å². The molecule has 92 valence electrons. The van der Waals surface area contributed by atoms with Crippen LogP contribution >= 0.6 is 0 Å². The van der Waals surface area contributed by atoms with E-state index in [2.05, 4.69) is 19.2 Å². The van der Waals surface area contributed by atoms with Crippen LogP contribution in [0.5, 0.6) is 0 Å². The maximum absolute atomic E-state index is 5.29. The predicted molar refractivity (Wildman–Crippen MR) is 74.7 cm³/mol. The third-order valence-corrected chi connectivity index (χ3v) is 1.87. The highest BCUT2D eigenvalue weighted by atomic mass is 16.5. The molecule has 0 aliphatic carbocycles. The minimum absolute atomic E-state index is 0.695. The molecule has 0 radical (unpaired) electrons. The fraction of sp³-hybridized carbons (Fsp3) is 0.467. The Morgan fingerprint density at radius 1 is 1.06 bits per heavy atom. The number of rotatable bonds is 3. The summed E-state index contributed by atoms with van der Waals surface area (Å²) in [6, 6.07) is 0. The standard InChI is InChI=1S/C11H14O.2C2H6/c1-3-5-6-11-7-8-12-9-10(11)4-2;2*1-2/h3-6H,1-2,7-9H2;2*1-2H3/b6-5-;;. The molecule has 1 heterocycles. The van der Waals surface area contributed by atoms with Crippen LogP contribution in [-0.4, -0.2) is 13.2 Å². The molecule has 0 aromatic rings. The van der Waals surface area contributed by atoms with E-state index in [-0.39, 0.29) is 0 Å². The molecular weight excluding hydrogens is 196 g/mol. The Hall–Kier alpha value is -1.08. The summed E-state index contributed by atoms with van der Waals surface area (Å²) >= 11 is 0. The van der Waals surface area contributed by atoms with Gasteiger partial charge in [-0.05, 0) is 17.6 Å². The van der Waals surface area contributed by atoms with Gasteiger partial charge >= 0.3 is 0 Å². The van der Waals surface area contributed by atoms with Gasteiger partial charge in [0.2, 0.25) is 0 Å². The molecule has 0 atom stereocenters. The van der Waals surface area contributed by atoms with E-state index >= 15 is 0 Å². The van der Waals surface area contributed by atoms with Crippen molar-refractivity contribution in [1.82, 2.24) is 0 Å². The topological polar surface area (TPSA) is 9.23 Å². The lowest BCUT2D eigenvalue weighted by Crippen LogP contribution is -2.08. The average molecular weight is 222 g/mol. The van der Waals surface area contributed by atoms with Crippen molar-refractivity contribution in [2.45, 2.75) is 34.1 Å². The van der Waals surface area contributed by atoms with E-state index in [1.54, 1.807) is 6.08 Å². The van der Waals surface area contributed by atoms with Crippen molar-refractivity contribution in [2.75, 3.05) is 13.2 Å². The van der Waals surface area contributed by atoms with Crippen LogP contribution in [0.1, 0.15) is 34.1 Å². The molecule has 0 aromatic carbocycles. The normalized spacial score (nSPS) is 14.5. The second kappa shape index (κ2) is 13.9.